The predicted octanol–water partition coefficient (Wildman–Crippen LogP) is 2.08. The molecule has 0 aromatic carbocycles. The molecule has 2 aromatic rings. The van der Waals surface area contributed by atoms with Gasteiger partial charge < -0.3 is 15.4 Å². The lowest BCUT2D eigenvalue weighted by Crippen LogP contribution is -2.27. The monoisotopic (exact) mass is 378 g/mol. The highest BCUT2D eigenvalue weighted by Gasteiger charge is 2.13. The van der Waals surface area contributed by atoms with E-state index in [1.807, 2.05) is 0 Å². The SMILES string of the molecule is C=CCCC(=O)NCCn1ncc2c(NCCOC)nc(SCC)nc21. The molecule has 0 radical (unpaired) electrons. The molecule has 0 aliphatic heterocycles. The van der Waals surface area contributed by atoms with Gasteiger partial charge in [-0.05, 0) is 12.2 Å². The molecule has 9 heteroatoms. The van der Waals surface area contributed by atoms with Crippen molar-refractivity contribution >= 4 is 34.5 Å². The minimum absolute atomic E-state index is 0.0140. The van der Waals surface area contributed by atoms with Crippen molar-refractivity contribution in [1.29, 1.82) is 0 Å². The van der Waals surface area contributed by atoms with Gasteiger partial charge in [0.25, 0.3) is 0 Å². The van der Waals surface area contributed by atoms with E-state index in [0.29, 0.717) is 44.2 Å². The first kappa shape index (κ1) is 20.2. The van der Waals surface area contributed by atoms with Crippen LogP contribution in [-0.2, 0) is 16.1 Å². The molecule has 0 saturated heterocycles. The standard InChI is InChI=1S/C17H26N6O2S/c1-4-6-7-14(24)18-8-10-23-16-13(12-20-23)15(19-9-11-25-3)21-17(22-16)26-5-2/h4,12H,1,5-11H2,2-3H3,(H,18,24)(H,19,21,22). The highest BCUT2D eigenvalue weighted by atomic mass is 32.2. The van der Waals surface area contributed by atoms with Gasteiger partial charge in [-0.25, -0.2) is 14.6 Å². The summed E-state index contributed by atoms with van der Waals surface area (Å²) in [5, 5.41) is 12.1. The molecule has 1 amide bonds. The van der Waals surface area contributed by atoms with Gasteiger partial charge in [-0.2, -0.15) is 5.10 Å². The second kappa shape index (κ2) is 10.8. The highest BCUT2D eigenvalue weighted by Crippen LogP contribution is 2.24. The van der Waals surface area contributed by atoms with Crippen LogP contribution >= 0.6 is 11.8 Å². The Bertz CT molecular complexity index is 733. The molecule has 2 heterocycles. The zero-order valence-electron chi connectivity index (χ0n) is 15.3. The van der Waals surface area contributed by atoms with Crippen molar-refractivity contribution in [3.8, 4) is 0 Å². The van der Waals surface area contributed by atoms with Crippen molar-refractivity contribution in [2.45, 2.75) is 31.5 Å². The number of carbonyl (C=O) groups is 1. The third kappa shape index (κ3) is 5.70. The van der Waals surface area contributed by atoms with E-state index < -0.39 is 0 Å². The number of anilines is 1. The number of carbonyl (C=O) groups excluding carboxylic acids is 1. The second-order valence-electron chi connectivity index (χ2n) is 5.49. The fraction of sp³-hybridized carbons (Fsp3) is 0.529. The van der Waals surface area contributed by atoms with Crippen molar-refractivity contribution in [1.82, 2.24) is 25.1 Å². The van der Waals surface area contributed by atoms with E-state index >= 15 is 0 Å². The van der Waals surface area contributed by atoms with Crippen LogP contribution in [0.1, 0.15) is 19.8 Å². The van der Waals surface area contributed by atoms with Gasteiger partial charge in [0.05, 0.1) is 24.7 Å². The molecule has 0 fully saturated rings. The molecule has 8 nitrogen and oxygen atoms in total. The summed E-state index contributed by atoms with van der Waals surface area (Å²) < 4.78 is 6.88. The summed E-state index contributed by atoms with van der Waals surface area (Å²) in [7, 11) is 1.66. The van der Waals surface area contributed by atoms with Crippen LogP contribution < -0.4 is 10.6 Å². The molecule has 0 aliphatic carbocycles. The molecule has 2 rings (SSSR count). The molecule has 0 spiro atoms. The summed E-state index contributed by atoms with van der Waals surface area (Å²) in [5.41, 5.74) is 0.760. The Morgan fingerprint density at radius 2 is 2.27 bits per heavy atom. The second-order valence-corrected chi connectivity index (χ2v) is 6.72. The molecule has 2 aromatic heterocycles. The average Bonchev–Trinajstić information content (AvgIpc) is 3.04. The van der Waals surface area contributed by atoms with Crippen LogP contribution in [0.4, 0.5) is 5.82 Å². The summed E-state index contributed by atoms with van der Waals surface area (Å²) in [4.78, 5) is 20.9. The van der Waals surface area contributed by atoms with Gasteiger partial charge >= 0.3 is 0 Å². The first-order chi connectivity index (χ1) is 12.7. The number of aromatic nitrogens is 4. The van der Waals surface area contributed by atoms with E-state index in [9.17, 15) is 4.79 Å². The van der Waals surface area contributed by atoms with Gasteiger partial charge in [-0.15, -0.1) is 6.58 Å². The van der Waals surface area contributed by atoms with E-state index in [1.165, 1.54) is 0 Å². The summed E-state index contributed by atoms with van der Waals surface area (Å²) in [5.74, 6) is 1.65. The molecule has 26 heavy (non-hydrogen) atoms. The van der Waals surface area contributed by atoms with Gasteiger partial charge in [-0.1, -0.05) is 24.8 Å². The number of rotatable bonds is 12. The van der Waals surface area contributed by atoms with E-state index in [1.54, 1.807) is 35.8 Å². The largest absolute Gasteiger partial charge is 0.383 e. The summed E-state index contributed by atoms with van der Waals surface area (Å²) in [6.07, 6.45) is 4.63. The Morgan fingerprint density at radius 1 is 1.42 bits per heavy atom. The predicted molar refractivity (Wildman–Crippen MR) is 105 cm³/mol. The molecule has 0 aliphatic rings. The van der Waals surface area contributed by atoms with Gasteiger partial charge in [0.1, 0.15) is 5.82 Å². The number of ether oxygens (including phenoxy) is 1. The summed E-state index contributed by atoms with van der Waals surface area (Å²) >= 11 is 1.58. The van der Waals surface area contributed by atoms with Crippen LogP contribution in [0, 0.1) is 0 Å². The fourth-order valence-electron chi connectivity index (χ4n) is 2.32. The third-order valence-corrected chi connectivity index (χ3v) is 4.30. The number of nitrogens with one attached hydrogen (secondary N) is 2. The van der Waals surface area contributed by atoms with E-state index in [4.69, 9.17) is 4.74 Å². The molecule has 0 saturated carbocycles. The average molecular weight is 379 g/mol. The third-order valence-electron chi connectivity index (χ3n) is 3.57. The topological polar surface area (TPSA) is 94.0 Å². The normalized spacial score (nSPS) is 10.8. The number of thioether (sulfide) groups is 1. The van der Waals surface area contributed by atoms with E-state index in [2.05, 4.69) is 39.2 Å². The van der Waals surface area contributed by atoms with Crippen LogP contribution in [-0.4, -0.2) is 58.2 Å². The number of allylic oxidation sites excluding steroid dienone is 1. The van der Waals surface area contributed by atoms with Gasteiger partial charge in [-0.3, -0.25) is 4.79 Å². The Morgan fingerprint density at radius 3 is 3.00 bits per heavy atom. The minimum atomic E-state index is 0.0140. The molecule has 0 bridgehead atoms. The maximum absolute atomic E-state index is 11.7. The van der Waals surface area contributed by atoms with Gasteiger partial charge in [0, 0.05) is 26.6 Å². The van der Waals surface area contributed by atoms with Crippen LogP contribution in [0.3, 0.4) is 0 Å². The first-order valence-electron chi connectivity index (χ1n) is 8.66. The van der Waals surface area contributed by atoms with Crippen molar-refractivity contribution in [2.24, 2.45) is 0 Å². The van der Waals surface area contributed by atoms with Crippen molar-refractivity contribution < 1.29 is 9.53 Å². The van der Waals surface area contributed by atoms with E-state index in [-0.39, 0.29) is 5.91 Å². The van der Waals surface area contributed by atoms with Crippen molar-refractivity contribution in [2.75, 3.05) is 37.9 Å². The number of methoxy groups -OCH3 is 1. The van der Waals surface area contributed by atoms with E-state index in [0.717, 1.165) is 22.6 Å². The molecule has 0 unspecified atom stereocenters. The van der Waals surface area contributed by atoms with Crippen molar-refractivity contribution in [3.05, 3.63) is 18.9 Å². The molecule has 142 valence electrons. The first-order valence-corrected chi connectivity index (χ1v) is 9.64. The smallest absolute Gasteiger partial charge is 0.220 e. The maximum atomic E-state index is 11.7. The van der Waals surface area contributed by atoms with Crippen LogP contribution in [0.25, 0.3) is 11.0 Å². The lowest BCUT2D eigenvalue weighted by molar-refractivity contribution is -0.121. The van der Waals surface area contributed by atoms with Crippen LogP contribution in [0.2, 0.25) is 0 Å². The lowest BCUT2D eigenvalue weighted by Gasteiger charge is -2.09. The Labute approximate surface area is 157 Å². The zero-order chi connectivity index (χ0) is 18.8. The zero-order valence-corrected chi connectivity index (χ0v) is 16.1. The molecule has 2 N–H and O–H groups in total. The quantitative estimate of drug-likeness (QED) is 0.253. The van der Waals surface area contributed by atoms with Crippen LogP contribution in [0.5, 0.6) is 0 Å². The number of nitrogens with zero attached hydrogens (tertiary/aromatic N) is 4. The Balaban J connectivity index is 2.11. The highest BCUT2D eigenvalue weighted by molar-refractivity contribution is 7.99. The van der Waals surface area contributed by atoms with Crippen LogP contribution in [0.15, 0.2) is 24.0 Å². The minimum Gasteiger partial charge on any atom is -0.383 e. The van der Waals surface area contributed by atoms with Gasteiger partial charge in [0.15, 0.2) is 10.8 Å². The van der Waals surface area contributed by atoms with Gasteiger partial charge in [0.2, 0.25) is 5.91 Å². The van der Waals surface area contributed by atoms with Crippen molar-refractivity contribution in [3.63, 3.8) is 0 Å². The number of hydrogen-bond donors (Lipinski definition) is 2. The number of fused-ring (bicyclic) bond motifs is 1. The summed E-state index contributed by atoms with van der Waals surface area (Å²) in [6.45, 7) is 7.98. The maximum Gasteiger partial charge on any atom is 0.220 e. The number of hydrogen-bond acceptors (Lipinski definition) is 7. The molecular weight excluding hydrogens is 352 g/mol. The fourth-order valence-corrected chi connectivity index (χ4v) is 2.89. The summed E-state index contributed by atoms with van der Waals surface area (Å²) in [6, 6.07) is 0. The Kier molecular flexibility index (Phi) is 8.36. The lowest BCUT2D eigenvalue weighted by atomic mass is 10.3. The molecular formula is C17H26N6O2S. The Hall–Kier alpha value is -2.13. The number of amides is 1. The molecule has 0 atom stereocenters.